The van der Waals surface area contributed by atoms with E-state index in [0.717, 1.165) is 6.42 Å². The lowest BCUT2D eigenvalue weighted by Gasteiger charge is -2.32. The smallest absolute Gasteiger partial charge is 0.245 e. The molecular weight excluding hydrogens is 240 g/mol. The van der Waals surface area contributed by atoms with E-state index in [0.29, 0.717) is 24.5 Å². The molecule has 2 atom stereocenters. The van der Waals surface area contributed by atoms with E-state index in [4.69, 9.17) is 0 Å². The Kier molecular flexibility index (Phi) is 5.61. The van der Waals surface area contributed by atoms with Crippen molar-refractivity contribution in [1.29, 1.82) is 0 Å². The van der Waals surface area contributed by atoms with Gasteiger partial charge in [0.15, 0.2) is 0 Å². The molecule has 1 aliphatic rings. The lowest BCUT2D eigenvalue weighted by atomic mass is 10.1. The Hall–Kier alpha value is -0.910. The Morgan fingerprint density at radius 1 is 1.41 bits per heavy atom. The highest BCUT2D eigenvalue weighted by molar-refractivity contribution is 7.84. The number of piperazine rings is 1. The molecule has 5 nitrogen and oxygen atoms in total. The van der Waals surface area contributed by atoms with Gasteiger partial charge in [-0.25, -0.2) is 0 Å². The van der Waals surface area contributed by atoms with Gasteiger partial charge in [-0.15, -0.1) is 0 Å². The SMILES string of the molecule is CCCC1NC(=O)CN(CCS(=O)CC)C1=O. The van der Waals surface area contributed by atoms with Crippen LogP contribution in [0.1, 0.15) is 26.7 Å². The first-order chi connectivity index (χ1) is 8.08. The first-order valence-corrected chi connectivity index (χ1v) is 7.50. The molecule has 2 amide bonds. The molecule has 0 spiro atoms. The van der Waals surface area contributed by atoms with E-state index in [1.54, 1.807) is 0 Å². The van der Waals surface area contributed by atoms with Crippen LogP contribution in [0.5, 0.6) is 0 Å². The summed E-state index contributed by atoms with van der Waals surface area (Å²) >= 11 is 0. The summed E-state index contributed by atoms with van der Waals surface area (Å²) in [5.74, 6) is 0.880. The zero-order chi connectivity index (χ0) is 12.8. The second kappa shape index (κ2) is 6.74. The molecular formula is C11H20N2O3S. The Morgan fingerprint density at radius 2 is 2.12 bits per heavy atom. The molecule has 0 bridgehead atoms. The number of hydrogen-bond donors (Lipinski definition) is 1. The van der Waals surface area contributed by atoms with Gasteiger partial charge in [-0.3, -0.25) is 13.8 Å². The van der Waals surface area contributed by atoms with Crippen molar-refractivity contribution in [2.75, 3.05) is 24.6 Å². The third kappa shape index (κ3) is 4.11. The first-order valence-electron chi connectivity index (χ1n) is 6.01. The van der Waals surface area contributed by atoms with Gasteiger partial charge in [0, 0.05) is 28.9 Å². The molecule has 0 aromatic heterocycles. The predicted octanol–water partition coefficient (Wildman–Crippen LogP) is -0.118. The van der Waals surface area contributed by atoms with E-state index in [1.165, 1.54) is 4.90 Å². The van der Waals surface area contributed by atoms with Crippen LogP contribution >= 0.6 is 0 Å². The Balaban J connectivity index is 2.55. The van der Waals surface area contributed by atoms with E-state index in [-0.39, 0.29) is 18.4 Å². The molecule has 0 aliphatic carbocycles. The number of hydrogen-bond acceptors (Lipinski definition) is 3. The van der Waals surface area contributed by atoms with Gasteiger partial charge in [0.05, 0.1) is 6.54 Å². The van der Waals surface area contributed by atoms with Crippen LogP contribution in [-0.2, 0) is 20.4 Å². The predicted molar refractivity (Wildman–Crippen MR) is 67.0 cm³/mol. The van der Waals surface area contributed by atoms with Crippen LogP contribution in [0.2, 0.25) is 0 Å². The summed E-state index contributed by atoms with van der Waals surface area (Å²) in [6.07, 6.45) is 1.52. The van der Waals surface area contributed by atoms with Crippen molar-refractivity contribution in [3.05, 3.63) is 0 Å². The summed E-state index contributed by atoms with van der Waals surface area (Å²) in [5, 5.41) is 2.69. The molecule has 1 saturated heterocycles. The van der Waals surface area contributed by atoms with Crippen LogP contribution < -0.4 is 5.32 Å². The highest BCUT2D eigenvalue weighted by Gasteiger charge is 2.31. The van der Waals surface area contributed by atoms with Gasteiger partial charge in [0.25, 0.3) is 0 Å². The number of amides is 2. The number of rotatable bonds is 6. The third-order valence-corrected chi connectivity index (χ3v) is 4.05. The number of carbonyl (C=O) groups excluding carboxylic acids is 2. The van der Waals surface area contributed by atoms with Crippen LogP contribution in [0.15, 0.2) is 0 Å². The topological polar surface area (TPSA) is 66.5 Å². The van der Waals surface area contributed by atoms with Crippen LogP contribution in [0, 0.1) is 0 Å². The molecule has 1 rings (SSSR count). The van der Waals surface area contributed by atoms with E-state index in [9.17, 15) is 13.8 Å². The molecule has 1 N–H and O–H groups in total. The minimum absolute atomic E-state index is 0.0421. The minimum Gasteiger partial charge on any atom is -0.343 e. The van der Waals surface area contributed by atoms with Gasteiger partial charge in [0.1, 0.15) is 6.04 Å². The van der Waals surface area contributed by atoms with Crippen LogP contribution in [-0.4, -0.2) is 51.6 Å². The van der Waals surface area contributed by atoms with Gasteiger partial charge < -0.3 is 10.2 Å². The molecule has 0 radical (unpaired) electrons. The Morgan fingerprint density at radius 3 is 2.71 bits per heavy atom. The van der Waals surface area contributed by atoms with Crippen molar-refractivity contribution >= 4 is 22.6 Å². The van der Waals surface area contributed by atoms with Crippen LogP contribution in [0.4, 0.5) is 0 Å². The Labute approximate surface area is 104 Å². The van der Waals surface area contributed by atoms with Gasteiger partial charge in [-0.2, -0.15) is 0 Å². The molecule has 17 heavy (non-hydrogen) atoms. The third-order valence-electron chi connectivity index (χ3n) is 2.77. The van der Waals surface area contributed by atoms with E-state index in [2.05, 4.69) is 5.32 Å². The standard InChI is InChI=1S/C11H20N2O3S/c1-3-5-9-11(15)13(8-10(14)12-9)6-7-17(16)4-2/h9H,3-8H2,1-2H3,(H,12,14). The van der Waals surface area contributed by atoms with Gasteiger partial charge in [-0.05, 0) is 6.42 Å². The fourth-order valence-corrected chi connectivity index (χ4v) is 2.52. The second-order valence-electron chi connectivity index (χ2n) is 4.10. The zero-order valence-electron chi connectivity index (χ0n) is 10.4. The lowest BCUT2D eigenvalue weighted by molar-refractivity contribution is -0.144. The van der Waals surface area contributed by atoms with Gasteiger partial charge >= 0.3 is 0 Å². The van der Waals surface area contributed by atoms with E-state index in [1.807, 2.05) is 13.8 Å². The summed E-state index contributed by atoms with van der Waals surface area (Å²) in [4.78, 5) is 24.9. The largest absolute Gasteiger partial charge is 0.343 e. The fourth-order valence-electron chi connectivity index (χ4n) is 1.80. The summed E-state index contributed by atoms with van der Waals surface area (Å²) in [6.45, 7) is 4.33. The van der Waals surface area contributed by atoms with Crippen molar-refractivity contribution in [2.24, 2.45) is 0 Å². The zero-order valence-corrected chi connectivity index (χ0v) is 11.2. The summed E-state index contributed by atoms with van der Waals surface area (Å²) in [5.41, 5.74) is 0. The molecule has 0 aromatic rings. The monoisotopic (exact) mass is 260 g/mol. The maximum atomic E-state index is 12.0. The molecule has 2 unspecified atom stereocenters. The quantitative estimate of drug-likeness (QED) is 0.724. The minimum atomic E-state index is -0.895. The molecule has 6 heteroatoms. The molecule has 0 aromatic carbocycles. The van der Waals surface area contributed by atoms with Crippen LogP contribution in [0.25, 0.3) is 0 Å². The normalized spacial score (nSPS) is 22.5. The second-order valence-corrected chi connectivity index (χ2v) is 5.97. The summed E-state index contributed by atoms with van der Waals surface area (Å²) in [7, 11) is -0.895. The van der Waals surface area contributed by atoms with Crippen molar-refractivity contribution in [3.8, 4) is 0 Å². The van der Waals surface area contributed by atoms with E-state index >= 15 is 0 Å². The van der Waals surface area contributed by atoms with Gasteiger partial charge in [-0.1, -0.05) is 20.3 Å². The number of nitrogens with zero attached hydrogens (tertiary/aromatic N) is 1. The summed E-state index contributed by atoms with van der Waals surface area (Å²) < 4.78 is 11.3. The average Bonchev–Trinajstić information content (AvgIpc) is 2.31. The number of nitrogens with one attached hydrogen (secondary N) is 1. The Bertz CT molecular complexity index is 320. The van der Waals surface area contributed by atoms with Crippen LogP contribution in [0.3, 0.4) is 0 Å². The highest BCUT2D eigenvalue weighted by Crippen LogP contribution is 2.07. The highest BCUT2D eigenvalue weighted by atomic mass is 32.2. The summed E-state index contributed by atoms with van der Waals surface area (Å²) in [6, 6.07) is -0.392. The molecule has 1 fully saturated rings. The molecule has 1 aliphatic heterocycles. The fraction of sp³-hybridized carbons (Fsp3) is 0.818. The average molecular weight is 260 g/mol. The van der Waals surface area contributed by atoms with Crippen molar-refractivity contribution in [3.63, 3.8) is 0 Å². The van der Waals surface area contributed by atoms with Gasteiger partial charge in [0.2, 0.25) is 11.8 Å². The molecule has 1 heterocycles. The number of carbonyl (C=O) groups is 2. The van der Waals surface area contributed by atoms with Crippen molar-refractivity contribution in [2.45, 2.75) is 32.7 Å². The first kappa shape index (κ1) is 14.2. The van der Waals surface area contributed by atoms with Crippen molar-refractivity contribution in [1.82, 2.24) is 10.2 Å². The van der Waals surface area contributed by atoms with E-state index < -0.39 is 16.8 Å². The van der Waals surface area contributed by atoms with Crippen molar-refractivity contribution < 1.29 is 13.8 Å². The maximum Gasteiger partial charge on any atom is 0.245 e. The maximum absolute atomic E-state index is 12.0. The lowest BCUT2D eigenvalue weighted by Crippen LogP contribution is -2.58. The molecule has 0 saturated carbocycles. The molecule has 98 valence electrons.